The van der Waals surface area contributed by atoms with Gasteiger partial charge in [-0.05, 0) is 29.8 Å². The maximum absolute atomic E-state index is 12.7. The average molecular weight is 398 g/mol. The Morgan fingerprint density at radius 3 is 1.93 bits per heavy atom. The third-order valence-electron chi connectivity index (χ3n) is 3.90. The van der Waals surface area contributed by atoms with E-state index in [1.807, 2.05) is 60.7 Å². The highest BCUT2D eigenvalue weighted by Crippen LogP contribution is 2.26. The lowest BCUT2D eigenvalue weighted by molar-refractivity contribution is -0.111. The highest BCUT2D eigenvalue weighted by molar-refractivity contribution is 8.13. The molecule has 27 heavy (non-hydrogen) atoms. The lowest BCUT2D eigenvalue weighted by Gasteiger charge is -2.18. The van der Waals surface area contributed by atoms with E-state index in [9.17, 15) is 13.2 Å². The number of nitrogens with one attached hydrogen (secondary N) is 1. The Morgan fingerprint density at radius 1 is 0.815 bits per heavy atom. The van der Waals surface area contributed by atoms with Crippen LogP contribution in [0.5, 0.6) is 0 Å². The van der Waals surface area contributed by atoms with Gasteiger partial charge < -0.3 is 0 Å². The van der Waals surface area contributed by atoms with Crippen LogP contribution in [0.1, 0.15) is 18.0 Å². The Bertz CT molecular complexity index is 976. The summed E-state index contributed by atoms with van der Waals surface area (Å²) in [5, 5.41) is -0.106. The van der Waals surface area contributed by atoms with Crippen LogP contribution in [-0.2, 0) is 14.8 Å². The number of thioether (sulfide) groups is 1. The summed E-state index contributed by atoms with van der Waals surface area (Å²) >= 11 is 1.11. The van der Waals surface area contributed by atoms with E-state index in [1.165, 1.54) is 12.1 Å². The Morgan fingerprint density at radius 2 is 1.33 bits per heavy atom. The molecule has 0 radical (unpaired) electrons. The van der Waals surface area contributed by atoms with Crippen molar-refractivity contribution in [2.45, 2.75) is 22.3 Å². The van der Waals surface area contributed by atoms with Crippen LogP contribution < -0.4 is 4.72 Å². The average Bonchev–Trinajstić information content (AvgIpc) is 2.69. The van der Waals surface area contributed by atoms with Crippen molar-refractivity contribution in [3.63, 3.8) is 0 Å². The molecule has 3 aromatic carbocycles. The summed E-state index contributed by atoms with van der Waals surface area (Å²) in [5.41, 5.74) is 0.749. The highest BCUT2D eigenvalue weighted by atomic mass is 32.2. The van der Waals surface area contributed by atoms with Crippen LogP contribution in [0.25, 0.3) is 0 Å². The summed E-state index contributed by atoms with van der Waals surface area (Å²) < 4.78 is 28.1. The number of rotatable bonds is 7. The second-order valence-corrected chi connectivity index (χ2v) is 8.73. The third kappa shape index (κ3) is 5.53. The number of carbonyl (C=O) groups excluding carboxylic acids is 1. The predicted octanol–water partition coefficient (Wildman–Crippen LogP) is 4.42. The van der Waals surface area contributed by atoms with E-state index in [4.69, 9.17) is 0 Å². The van der Waals surface area contributed by atoms with Crippen molar-refractivity contribution in [2.24, 2.45) is 0 Å². The van der Waals surface area contributed by atoms with Crippen molar-refractivity contribution in [2.75, 3.05) is 0 Å². The van der Waals surface area contributed by atoms with Gasteiger partial charge in [0, 0.05) is 11.3 Å². The van der Waals surface area contributed by atoms with Gasteiger partial charge in [-0.1, -0.05) is 78.5 Å². The standard InChI is InChI=1S/C21H19NO3S2/c23-21(26-18-12-6-2-7-13-18)16-20(17-10-4-1-5-11-17)22-27(24,25)19-14-8-3-9-15-19/h1-15,20,22H,16H2. The fourth-order valence-corrected chi connectivity index (χ4v) is 4.65. The Kier molecular flexibility index (Phi) is 6.45. The van der Waals surface area contributed by atoms with Gasteiger partial charge in [0.2, 0.25) is 10.0 Å². The van der Waals surface area contributed by atoms with Gasteiger partial charge in [-0.2, -0.15) is 0 Å². The van der Waals surface area contributed by atoms with Crippen LogP contribution in [0.4, 0.5) is 0 Å². The Balaban J connectivity index is 1.81. The minimum Gasteiger partial charge on any atom is -0.287 e. The van der Waals surface area contributed by atoms with E-state index in [0.717, 1.165) is 22.2 Å². The van der Waals surface area contributed by atoms with Crippen LogP contribution in [0.2, 0.25) is 0 Å². The van der Waals surface area contributed by atoms with Crippen LogP contribution in [0, 0.1) is 0 Å². The van der Waals surface area contributed by atoms with E-state index in [0.29, 0.717) is 0 Å². The molecule has 0 saturated carbocycles. The number of carbonyl (C=O) groups is 1. The topological polar surface area (TPSA) is 63.2 Å². The molecular formula is C21H19NO3S2. The molecule has 0 saturated heterocycles. The number of benzene rings is 3. The number of hydrogen-bond acceptors (Lipinski definition) is 4. The minimum atomic E-state index is -3.74. The molecule has 0 fully saturated rings. The van der Waals surface area contributed by atoms with Crippen molar-refractivity contribution in [3.8, 4) is 0 Å². The zero-order chi connectivity index (χ0) is 19.1. The minimum absolute atomic E-state index is 0.0512. The maximum atomic E-state index is 12.7. The molecule has 0 aliphatic carbocycles. The van der Waals surface area contributed by atoms with Gasteiger partial charge in [-0.15, -0.1) is 0 Å². The number of sulfonamides is 1. The fourth-order valence-electron chi connectivity index (χ4n) is 2.60. The molecule has 0 amide bonds. The molecule has 3 rings (SSSR count). The Hall–Kier alpha value is -2.41. The second-order valence-electron chi connectivity index (χ2n) is 5.89. The van der Waals surface area contributed by atoms with Crippen LogP contribution in [0.3, 0.4) is 0 Å². The van der Waals surface area contributed by atoms with Crippen molar-refractivity contribution >= 4 is 26.9 Å². The van der Waals surface area contributed by atoms with Gasteiger partial charge in [0.05, 0.1) is 10.9 Å². The summed E-state index contributed by atoms with van der Waals surface area (Å²) in [5.74, 6) is 0. The van der Waals surface area contributed by atoms with Gasteiger partial charge in [0.15, 0.2) is 5.12 Å². The van der Waals surface area contributed by atoms with Gasteiger partial charge in [0.25, 0.3) is 0 Å². The predicted molar refractivity (Wildman–Crippen MR) is 108 cm³/mol. The van der Waals surface area contributed by atoms with Crippen molar-refractivity contribution in [1.29, 1.82) is 0 Å². The quantitative estimate of drug-likeness (QED) is 0.600. The molecule has 0 aliphatic heterocycles. The van der Waals surface area contributed by atoms with E-state index >= 15 is 0 Å². The lowest BCUT2D eigenvalue weighted by atomic mass is 10.1. The molecule has 0 spiro atoms. The molecule has 0 heterocycles. The molecule has 0 aliphatic rings. The molecule has 3 aromatic rings. The van der Waals surface area contributed by atoms with E-state index in [-0.39, 0.29) is 16.4 Å². The molecule has 0 aromatic heterocycles. The summed E-state index contributed by atoms with van der Waals surface area (Å²) in [4.78, 5) is 13.6. The monoisotopic (exact) mass is 397 g/mol. The van der Waals surface area contributed by atoms with Crippen LogP contribution in [0.15, 0.2) is 101 Å². The van der Waals surface area contributed by atoms with Gasteiger partial charge in [0.1, 0.15) is 0 Å². The lowest BCUT2D eigenvalue weighted by Crippen LogP contribution is -2.30. The summed E-state index contributed by atoms with van der Waals surface area (Å²) in [6.45, 7) is 0. The molecule has 4 nitrogen and oxygen atoms in total. The third-order valence-corrected chi connectivity index (χ3v) is 6.29. The molecule has 1 N–H and O–H groups in total. The summed E-state index contributed by atoms with van der Waals surface area (Å²) in [7, 11) is -3.74. The van der Waals surface area contributed by atoms with Gasteiger partial charge in [-0.25, -0.2) is 13.1 Å². The second kappa shape index (κ2) is 8.99. The zero-order valence-corrected chi connectivity index (χ0v) is 16.1. The smallest absolute Gasteiger partial charge is 0.241 e. The van der Waals surface area contributed by atoms with Crippen molar-refractivity contribution < 1.29 is 13.2 Å². The van der Waals surface area contributed by atoms with Crippen LogP contribution in [-0.4, -0.2) is 13.5 Å². The number of hydrogen-bond donors (Lipinski definition) is 1. The first kappa shape index (κ1) is 19.4. The van der Waals surface area contributed by atoms with Gasteiger partial charge in [-0.3, -0.25) is 4.79 Å². The normalized spacial score (nSPS) is 12.4. The first-order chi connectivity index (χ1) is 13.0. The molecule has 1 atom stereocenters. The SMILES string of the molecule is O=C(CC(NS(=O)(=O)c1ccccc1)c1ccccc1)Sc1ccccc1. The molecular weight excluding hydrogens is 378 g/mol. The fraction of sp³-hybridized carbons (Fsp3) is 0.0952. The van der Waals surface area contributed by atoms with Crippen molar-refractivity contribution in [1.82, 2.24) is 4.72 Å². The highest BCUT2D eigenvalue weighted by Gasteiger charge is 2.24. The van der Waals surface area contributed by atoms with Gasteiger partial charge >= 0.3 is 0 Å². The van der Waals surface area contributed by atoms with Crippen LogP contribution >= 0.6 is 11.8 Å². The Labute approximate surface area is 163 Å². The first-order valence-electron chi connectivity index (χ1n) is 8.43. The summed E-state index contributed by atoms with van der Waals surface area (Å²) in [6, 6.07) is 26.0. The molecule has 6 heteroatoms. The van der Waals surface area contributed by atoms with E-state index in [1.54, 1.807) is 18.2 Å². The first-order valence-corrected chi connectivity index (χ1v) is 10.7. The molecule has 0 bridgehead atoms. The zero-order valence-electron chi connectivity index (χ0n) is 14.5. The largest absolute Gasteiger partial charge is 0.287 e. The van der Waals surface area contributed by atoms with E-state index in [2.05, 4.69) is 4.72 Å². The van der Waals surface area contributed by atoms with E-state index < -0.39 is 16.1 Å². The maximum Gasteiger partial charge on any atom is 0.241 e. The molecule has 138 valence electrons. The van der Waals surface area contributed by atoms with Crippen molar-refractivity contribution in [3.05, 3.63) is 96.6 Å². The summed E-state index contributed by atoms with van der Waals surface area (Å²) in [6.07, 6.45) is 0.0512. The molecule has 1 unspecified atom stereocenters.